The lowest BCUT2D eigenvalue weighted by molar-refractivity contribution is -0.00288. The number of anilines is 1. The van der Waals surface area contributed by atoms with Crippen LogP contribution < -0.4 is 10.5 Å². The van der Waals surface area contributed by atoms with Gasteiger partial charge in [0.05, 0.1) is 26.4 Å². The zero-order chi connectivity index (χ0) is 13.8. The molecule has 1 amide bonds. The maximum Gasteiger partial charge on any atom is 0.260 e. The fraction of sp³-hybridized carbons (Fsp3) is 0.500. The smallest absolute Gasteiger partial charge is 0.260 e. The number of hydrogen-bond acceptors (Lipinski definition) is 4. The number of hydrogen-bond donors (Lipinski definition) is 1. The number of carbonyl (C=O) groups excluding carboxylic acids is 1. The van der Waals surface area contributed by atoms with Gasteiger partial charge in [-0.15, -0.1) is 0 Å². The van der Waals surface area contributed by atoms with Gasteiger partial charge in [-0.3, -0.25) is 4.79 Å². The molecule has 1 saturated heterocycles. The number of rotatable bonds is 3. The zero-order valence-corrected chi connectivity index (χ0v) is 11.4. The van der Waals surface area contributed by atoms with Gasteiger partial charge in [-0.1, -0.05) is 13.0 Å². The Bertz CT molecular complexity index is 462. The summed E-state index contributed by atoms with van der Waals surface area (Å²) < 4.78 is 10.7. The number of amides is 1. The Balaban J connectivity index is 2.32. The van der Waals surface area contributed by atoms with E-state index in [1.807, 2.05) is 11.8 Å². The molecule has 0 radical (unpaired) electrons. The molecule has 0 spiro atoms. The number of nitrogen functional groups attached to an aromatic ring is 1. The lowest BCUT2D eigenvalue weighted by atomic mass is 10.1. The summed E-state index contributed by atoms with van der Waals surface area (Å²) in [5.41, 5.74) is 6.83. The molecule has 5 nitrogen and oxygen atoms in total. The van der Waals surface area contributed by atoms with E-state index in [0.29, 0.717) is 36.8 Å². The van der Waals surface area contributed by atoms with Gasteiger partial charge >= 0.3 is 0 Å². The third-order valence-corrected chi connectivity index (χ3v) is 3.45. The van der Waals surface area contributed by atoms with Crippen molar-refractivity contribution in [1.82, 2.24) is 4.90 Å². The molecule has 1 unspecified atom stereocenters. The Morgan fingerprint density at radius 2 is 2.37 bits per heavy atom. The van der Waals surface area contributed by atoms with Crippen LogP contribution in [0, 0.1) is 0 Å². The molecule has 1 aromatic carbocycles. The van der Waals surface area contributed by atoms with Crippen LogP contribution >= 0.6 is 0 Å². The largest absolute Gasteiger partial charge is 0.496 e. The van der Waals surface area contributed by atoms with E-state index in [9.17, 15) is 4.79 Å². The van der Waals surface area contributed by atoms with Crippen LogP contribution in [0.3, 0.4) is 0 Å². The van der Waals surface area contributed by atoms with E-state index in [1.54, 1.807) is 25.3 Å². The standard InChI is InChI=1S/C14H20N2O3/c1-3-10-9-19-8-7-16(10)14(17)13-11(15)5-4-6-12(13)18-2/h4-6,10H,3,7-9,15H2,1-2H3. The minimum atomic E-state index is -0.0786. The Hall–Kier alpha value is -1.75. The summed E-state index contributed by atoms with van der Waals surface area (Å²) in [6, 6.07) is 5.36. The average molecular weight is 264 g/mol. The van der Waals surface area contributed by atoms with Crippen LogP contribution in [-0.4, -0.2) is 43.7 Å². The second kappa shape index (κ2) is 5.93. The molecule has 2 rings (SSSR count). The van der Waals surface area contributed by atoms with Gasteiger partial charge < -0.3 is 20.1 Å². The predicted molar refractivity (Wildman–Crippen MR) is 73.3 cm³/mol. The molecule has 0 aromatic heterocycles. The summed E-state index contributed by atoms with van der Waals surface area (Å²) in [4.78, 5) is 14.5. The van der Waals surface area contributed by atoms with Crippen LogP contribution in [0.4, 0.5) is 5.69 Å². The van der Waals surface area contributed by atoms with Crippen molar-refractivity contribution in [3.05, 3.63) is 23.8 Å². The third kappa shape index (κ3) is 2.66. The molecule has 1 atom stereocenters. The molecule has 0 aliphatic carbocycles. The zero-order valence-electron chi connectivity index (χ0n) is 11.4. The van der Waals surface area contributed by atoms with Gasteiger partial charge in [0.25, 0.3) is 5.91 Å². The van der Waals surface area contributed by atoms with Crippen LogP contribution in [0.2, 0.25) is 0 Å². The number of morpholine rings is 1. The highest BCUT2D eigenvalue weighted by atomic mass is 16.5. The van der Waals surface area contributed by atoms with Crippen LogP contribution in [0.25, 0.3) is 0 Å². The maximum absolute atomic E-state index is 12.7. The summed E-state index contributed by atoms with van der Waals surface area (Å²) in [7, 11) is 1.54. The monoisotopic (exact) mass is 264 g/mol. The quantitative estimate of drug-likeness (QED) is 0.841. The molecule has 1 heterocycles. The number of nitrogens with zero attached hydrogens (tertiary/aromatic N) is 1. The van der Waals surface area contributed by atoms with Gasteiger partial charge in [-0.25, -0.2) is 0 Å². The van der Waals surface area contributed by atoms with Crippen LogP contribution in [0.5, 0.6) is 5.75 Å². The topological polar surface area (TPSA) is 64.8 Å². The van der Waals surface area contributed by atoms with Crippen LogP contribution in [0.1, 0.15) is 23.7 Å². The molecule has 1 aliphatic rings. The first-order chi connectivity index (χ1) is 9.19. The number of carbonyl (C=O) groups is 1. The molecule has 1 aromatic rings. The fourth-order valence-electron chi connectivity index (χ4n) is 2.35. The molecule has 0 saturated carbocycles. The molecule has 1 fully saturated rings. The van der Waals surface area contributed by atoms with Gasteiger partial charge in [-0.2, -0.15) is 0 Å². The van der Waals surface area contributed by atoms with Gasteiger partial charge in [0.15, 0.2) is 0 Å². The summed E-state index contributed by atoms with van der Waals surface area (Å²) in [5.74, 6) is 0.441. The highest BCUT2D eigenvalue weighted by Gasteiger charge is 2.29. The first-order valence-electron chi connectivity index (χ1n) is 6.50. The van der Waals surface area contributed by atoms with Crippen molar-refractivity contribution in [1.29, 1.82) is 0 Å². The first-order valence-corrected chi connectivity index (χ1v) is 6.50. The van der Waals surface area contributed by atoms with Gasteiger partial charge in [0, 0.05) is 12.2 Å². The van der Waals surface area contributed by atoms with E-state index in [4.69, 9.17) is 15.2 Å². The normalized spacial score (nSPS) is 19.3. The summed E-state index contributed by atoms with van der Waals surface area (Å²) in [5, 5.41) is 0. The van der Waals surface area contributed by atoms with E-state index in [0.717, 1.165) is 6.42 Å². The van der Waals surface area contributed by atoms with E-state index in [-0.39, 0.29) is 11.9 Å². The average Bonchev–Trinajstić information content (AvgIpc) is 2.46. The van der Waals surface area contributed by atoms with Crippen molar-refractivity contribution in [3.63, 3.8) is 0 Å². The molecule has 1 aliphatic heterocycles. The minimum absolute atomic E-state index is 0.0786. The highest BCUT2D eigenvalue weighted by molar-refractivity contribution is 6.02. The second-order valence-corrected chi connectivity index (χ2v) is 4.56. The number of nitrogens with two attached hydrogens (primary N) is 1. The van der Waals surface area contributed by atoms with Crippen molar-refractivity contribution < 1.29 is 14.3 Å². The van der Waals surface area contributed by atoms with Gasteiger partial charge in [0.2, 0.25) is 0 Å². The summed E-state index contributed by atoms with van der Waals surface area (Å²) in [6.07, 6.45) is 0.862. The van der Waals surface area contributed by atoms with Crippen molar-refractivity contribution in [2.75, 3.05) is 32.6 Å². The Kier molecular flexibility index (Phi) is 4.27. The van der Waals surface area contributed by atoms with Crippen molar-refractivity contribution in [2.45, 2.75) is 19.4 Å². The van der Waals surface area contributed by atoms with E-state index < -0.39 is 0 Å². The van der Waals surface area contributed by atoms with Crippen molar-refractivity contribution in [2.24, 2.45) is 0 Å². The Labute approximate surface area is 113 Å². The third-order valence-electron chi connectivity index (χ3n) is 3.45. The van der Waals surface area contributed by atoms with Crippen LogP contribution in [0.15, 0.2) is 18.2 Å². The van der Waals surface area contributed by atoms with E-state index in [1.165, 1.54) is 0 Å². The molecule has 5 heteroatoms. The molecule has 104 valence electrons. The molecule has 0 bridgehead atoms. The fourth-order valence-corrected chi connectivity index (χ4v) is 2.35. The maximum atomic E-state index is 12.7. The van der Waals surface area contributed by atoms with Crippen molar-refractivity contribution >= 4 is 11.6 Å². The number of benzene rings is 1. The molecular weight excluding hydrogens is 244 g/mol. The summed E-state index contributed by atoms with van der Waals surface area (Å²) in [6.45, 7) is 3.79. The van der Waals surface area contributed by atoms with E-state index in [2.05, 4.69) is 0 Å². The molecular formula is C14H20N2O3. The van der Waals surface area contributed by atoms with E-state index >= 15 is 0 Å². The van der Waals surface area contributed by atoms with Crippen LogP contribution in [-0.2, 0) is 4.74 Å². The minimum Gasteiger partial charge on any atom is -0.496 e. The highest BCUT2D eigenvalue weighted by Crippen LogP contribution is 2.27. The summed E-state index contributed by atoms with van der Waals surface area (Å²) >= 11 is 0. The molecule has 19 heavy (non-hydrogen) atoms. The Morgan fingerprint density at radius 3 is 3.05 bits per heavy atom. The SMILES string of the molecule is CCC1COCCN1C(=O)c1c(N)cccc1OC. The number of methoxy groups -OCH3 is 1. The second-order valence-electron chi connectivity index (χ2n) is 4.56. The lowest BCUT2D eigenvalue weighted by Crippen LogP contribution is -2.48. The predicted octanol–water partition coefficient (Wildman–Crippen LogP) is 1.53. The lowest BCUT2D eigenvalue weighted by Gasteiger charge is -2.35. The van der Waals surface area contributed by atoms with Crippen molar-refractivity contribution in [3.8, 4) is 5.75 Å². The Morgan fingerprint density at radius 1 is 1.58 bits per heavy atom. The number of ether oxygens (including phenoxy) is 2. The van der Waals surface area contributed by atoms with Gasteiger partial charge in [0.1, 0.15) is 11.3 Å². The van der Waals surface area contributed by atoms with Gasteiger partial charge in [-0.05, 0) is 18.6 Å². The molecule has 2 N–H and O–H groups in total. The first kappa shape index (κ1) is 13.7.